The minimum atomic E-state index is -0.734. The number of hydrogen-bond acceptors (Lipinski definition) is 3. The van der Waals surface area contributed by atoms with Gasteiger partial charge in [-0.05, 0) is 99.3 Å². The Labute approximate surface area is 206 Å². The zero-order valence-electron chi connectivity index (χ0n) is 20.6. The summed E-state index contributed by atoms with van der Waals surface area (Å²) in [6.07, 6.45) is 7.22. The van der Waals surface area contributed by atoms with Crippen LogP contribution in [0.2, 0.25) is 0 Å². The molecule has 2 aliphatic rings. The maximum atomic E-state index is 15.1. The first-order valence-corrected chi connectivity index (χ1v) is 13.0. The summed E-state index contributed by atoms with van der Waals surface area (Å²) >= 11 is 0. The van der Waals surface area contributed by atoms with Crippen molar-refractivity contribution in [2.75, 3.05) is 6.61 Å². The Morgan fingerprint density at radius 2 is 1.40 bits per heavy atom. The quantitative estimate of drug-likeness (QED) is 0.292. The maximum absolute atomic E-state index is 15.1. The number of carbonyl (C=O) groups is 1. The van der Waals surface area contributed by atoms with Crippen LogP contribution < -0.4 is 9.47 Å². The molecule has 0 aromatic heterocycles. The lowest BCUT2D eigenvalue weighted by Gasteiger charge is -2.30. The van der Waals surface area contributed by atoms with Crippen LogP contribution in [0.15, 0.2) is 30.3 Å². The molecule has 2 fully saturated rings. The molecule has 35 heavy (non-hydrogen) atoms. The lowest BCUT2D eigenvalue weighted by Crippen LogP contribution is -2.26. The summed E-state index contributed by atoms with van der Waals surface area (Å²) in [6, 6.07) is 7.66. The van der Waals surface area contributed by atoms with Gasteiger partial charge in [0.15, 0.2) is 23.2 Å². The highest BCUT2D eigenvalue weighted by atomic mass is 19.2. The molecular formula is C29H35F3O3. The molecule has 0 amide bonds. The van der Waals surface area contributed by atoms with Gasteiger partial charge < -0.3 is 9.47 Å². The standard InChI is InChI=1S/C29H35F3O3/c1-3-18-5-7-19(8-6-18)23-14-15-24(28(32)27(23)31)20-9-11-21(12-10-20)29(33)35-26-16-13-22(34-4-2)17-25(26)30/h13-21H,3-12H2,1-2H3. The van der Waals surface area contributed by atoms with E-state index in [0.29, 0.717) is 55.1 Å². The summed E-state index contributed by atoms with van der Waals surface area (Å²) in [5, 5.41) is 0. The molecule has 0 saturated heterocycles. The van der Waals surface area contributed by atoms with E-state index in [1.54, 1.807) is 25.1 Å². The second-order valence-corrected chi connectivity index (χ2v) is 9.99. The molecule has 2 aromatic rings. The van der Waals surface area contributed by atoms with Crippen LogP contribution in [0, 0.1) is 29.3 Å². The summed E-state index contributed by atoms with van der Waals surface area (Å²) in [6.45, 7) is 4.40. The van der Waals surface area contributed by atoms with Gasteiger partial charge in [-0.15, -0.1) is 0 Å². The third-order valence-electron chi connectivity index (χ3n) is 7.93. The molecule has 0 aliphatic heterocycles. The molecule has 6 heteroatoms. The predicted molar refractivity (Wildman–Crippen MR) is 129 cm³/mol. The van der Waals surface area contributed by atoms with Gasteiger partial charge in [-0.2, -0.15) is 0 Å². The summed E-state index contributed by atoms with van der Waals surface area (Å²) < 4.78 is 54.9. The third-order valence-corrected chi connectivity index (χ3v) is 7.93. The Hall–Kier alpha value is -2.50. The van der Waals surface area contributed by atoms with E-state index in [0.717, 1.165) is 32.1 Å². The molecule has 2 saturated carbocycles. The van der Waals surface area contributed by atoms with Crippen LogP contribution in [-0.2, 0) is 4.79 Å². The van der Waals surface area contributed by atoms with Crippen molar-refractivity contribution < 1.29 is 27.4 Å². The van der Waals surface area contributed by atoms with Crippen LogP contribution in [0.1, 0.15) is 94.6 Å². The second kappa shape index (κ2) is 11.5. The first-order chi connectivity index (χ1) is 16.9. The Morgan fingerprint density at radius 3 is 1.91 bits per heavy atom. The van der Waals surface area contributed by atoms with Gasteiger partial charge in [0, 0.05) is 6.07 Å². The van der Waals surface area contributed by atoms with Crippen molar-refractivity contribution >= 4 is 5.97 Å². The zero-order valence-corrected chi connectivity index (χ0v) is 20.6. The molecular weight excluding hydrogens is 453 g/mol. The molecule has 4 rings (SSSR count). The Balaban J connectivity index is 1.35. The van der Waals surface area contributed by atoms with Crippen LogP contribution in [0.3, 0.4) is 0 Å². The first kappa shape index (κ1) is 25.6. The molecule has 2 aromatic carbocycles. The van der Waals surface area contributed by atoms with E-state index < -0.39 is 29.3 Å². The lowest BCUT2D eigenvalue weighted by molar-refractivity contribution is -0.140. The molecule has 0 N–H and O–H groups in total. The fourth-order valence-corrected chi connectivity index (χ4v) is 5.74. The number of carbonyl (C=O) groups excluding carboxylic acids is 1. The number of rotatable bonds is 7. The van der Waals surface area contributed by atoms with Crippen molar-refractivity contribution in [1.82, 2.24) is 0 Å². The van der Waals surface area contributed by atoms with Gasteiger partial charge in [-0.1, -0.05) is 25.5 Å². The van der Waals surface area contributed by atoms with Gasteiger partial charge in [0.1, 0.15) is 5.75 Å². The number of ether oxygens (including phenoxy) is 2. The summed E-state index contributed by atoms with van der Waals surface area (Å²) in [7, 11) is 0. The van der Waals surface area contributed by atoms with Gasteiger partial charge in [0.25, 0.3) is 0 Å². The molecule has 190 valence electrons. The smallest absolute Gasteiger partial charge is 0.314 e. The van der Waals surface area contributed by atoms with Crippen molar-refractivity contribution in [2.45, 2.75) is 83.5 Å². The number of benzene rings is 2. The summed E-state index contributed by atoms with van der Waals surface area (Å²) in [5.74, 6) is -2.07. The van der Waals surface area contributed by atoms with E-state index >= 15 is 8.78 Å². The van der Waals surface area contributed by atoms with Crippen LogP contribution in [0.25, 0.3) is 0 Å². The van der Waals surface area contributed by atoms with Gasteiger partial charge in [-0.25, -0.2) is 13.2 Å². The van der Waals surface area contributed by atoms with Crippen LogP contribution in [-0.4, -0.2) is 12.6 Å². The molecule has 0 radical (unpaired) electrons. The highest BCUT2D eigenvalue weighted by Crippen LogP contribution is 2.42. The largest absolute Gasteiger partial charge is 0.494 e. The molecule has 0 unspecified atom stereocenters. The Morgan fingerprint density at radius 1 is 0.829 bits per heavy atom. The van der Waals surface area contributed by atoms with E-state index in [-0.39, 0.29) is 17.6 Å². The van der Waals surface area contributed by atoms with Crippen molar-refractivity contribution in [3.05, 3.63) is 58.9 Å². The third kappa shape index (κ3) is 5.84. The maximum Gasteiger partial charge on any atom is 0.314 e. The minimum absolute atomic E-state index is 0.0925. The average Bonchev–Trinajstić information content (AvgIpc) is 2.87. The van der Waals surface area contributed by atoms with Crippen molar-refractivity contribution in [1.29, 1.82) is 0 Å². The van der Waals surface area contributed by atoms with Gasteiger partial charge in [0.05, 0.1) is 12.5 Å². The van der Waals surface area contributed by atoms with E-state index in [1.165, 1.54) is 12.1 Å². The normalized spacial score (nSPS) is 24.7. The van der Waals surface area contributed by atoms with E-state index in [1.807, 2.05) is 0 Å². The lowest BCUT2D eigenvalue weighted by atomic mass is 9.76. The second-order valence-electron chi connectivity index (χ2n) is 9.99. The fraction of sp³-hybridized carbons (Fsp3) is 0.552. The van der Waals surface area contributed by atoms with Crippen LogP contribution in [0.4, 0.5) is 13.2 Å². The Kier molecular flexibility index (Phi) is 8.40. The van der Waals surface area contributed by atoms with E-state index in [2.05, 4.69) is 6.92 Å². The Bertz CT molecular complexity index is 1020. The van der Waals surface area contributed by atoms with Crippen molar-refractivity contribution in [3.63, 3.8) is 0 Å². The molecule has 0 heterocycles. The van der Waals surface area contributed by atoms with E-state index in [4.69, 9.17) is 9.47 Å². The van der Waals surface area contributed by atoms with Crippen LogP contribution in [0.5, 0.6) is 11.5 Å². The van der Waals surface area contributed by atoms with Crippen molar-refractivity contribution in [3.8, 4) is 11.5 Å². The fourth-order valence-electron chi connectivity index (χ4n) is 5.74. The summed E-state index contributed by atoms with van der Waals surface area (Å²) in [5.41, 5.74) is 0.910. The molecule has 0 spiro atoms. The molecule has 0 atom stereocenters. The number of hydrogen-bond donors (Lipinski definition) is 0. The highest BCUT2D eigenvalue weighted by Gasteiger charge is 2.32. The topological polar surface area (TPSA) is 35.5 Å². The summed E-state index contributed by atoms with van der Waals surface area (Å²) in [4.78, 5) is 12.6. The monoisotopic (exact) mass is 488 g/mol. The van der Waals surface area contributed by atoms with Gasteiger partial charge in [-0.3, -0.25) is 4.79 Å². The van der Waals surface area contributed by atoms with Gasteiger partial charge >= 0.3 is 5.97 Å². The molecule has 2 aliphatic carbocycles. The van der Waals surface area contributed by atoms with Gasteiger partial charge in [0.2, 0.25) is 0 Å². The molecule has 3 nitrogen and oxygen atoms in total. The zero-order chi connectivity index (χ0) is 24.9. The number of halogens is 3. The van der Waals surface area contributed by atoms with Crippen molar-refractivity contribution in [2.24, 2.45) is 11.8 Å². The minimum Gasteiger partial charge on any atom is -0.494 e. The average molecular weight is 489 g/mol. The molecule has 0 bridgehead atoms. The predicted octanol–water partition coefficient (Wildman–Crippen LogP) is 8.07. The highest BCUT2D eigenvalue weighted by molar-refractivity contribution is 5.75. The first-order valence-electron chi connectivity index (χ1n) is 13.0. The van der Waals surface area contributed by atoms with Crippen LogP contribution >= 0.6 is 0 Å². The van der Waals surface area contributed by atoms with E-state index in [9.17, 15) is 9.18 Å². The SMILES string of the molecule is CCOc1ccc(OC(=O)C2CCC(c3ccc(C4CCC(CC)CC4)c(F)c3F)CC2)c(F)c1. The number of esters is 1.